The summed E-state index contributed by atoms with van der Waals surface area (Å²) in [6.07, 6.45) is 2.22. The van der Waals surface area contributed by atoms with Crippen molar-refractivity contribution in [3.05, 3.63) is 136 Å². The van der Waals surface area contributed by atoms with Gasteiger partial charge in [-0.2, -0.15) is 13.2 Å². The summed E-state index contributed by atoms with van der Waals surface area (Å²) in [7, 11) is 0. The first-order chi connectivity index (χ1) is 28.9. The molecule has 9 rings (SSSR count). The molecule has 3 fully saturated rings. The van der Waals surface area contributed by atoms with E-state index >= 15 is 0 Å². The summed E-state index contributed by atoms with van der Waals surface area (Å²) in [4.78, 5) is 45.1. The Morgan fingerprint density at radius 1 is 0.750 bits per heavy atom. The number of amides is 3. The number of ether oxygens (including phenoxy) is 1. The van der Waals surface area contributed by atoms with E-state index in [2.05, 4.69) is 33.8 Å². The van der Waals surface area contributed by atoms with Crippen molar-refractivity contribution in [2.75, 3.05) is 37.6 Å². The van der Waals surface area contributed by atoms with Crippen molar-refractivity contribution in [1.82, 2.24) is 15.1 Å². The molecule has 0 bridgehead atoms. The average molecular weight is 819 g/mol. The van der Waals surface area contributed by atoms with Crippen LogP contribution in [-0.2, 0) is 17.4 Å². The summed E-state index contributed by atoms with van der Waals surface area (Å²) in [5.74, 6) is 0.298. The normalized spacial score (nSPS) is 24.9. The molecule has 60 heavy (non-hydrogen) atoms. The highest BCUT2D eigenvalue weighted by molar-refractivity contribution is 6.23. The first-order valence-corrected chi connectivity index (χ1v) is 21.1. The molecule has 4 aromatic rings. The van der Waals surface area contributed by atoms with Gasteiger partial charge < -0.3 is 20.1 Å². The van der Waals surface area contributed by atoms with E-state index in [0.29, 0.717) is 35.6 Å². The van der Waals surface area contributed by atoms with Gasteiger partial charge in [0.1, 0.15) is 17.5 Å². The number of fused-ring (bicyclic) bond motifs is 2. The largest absolute Gasteiger partial charge is 0.508 e. The molecule has 1 unspecified atom stereocenters. The lowest BCUT2D eigenvalue weighted by molar-refractivity contribution is -0.137. The molecule has 3 aliphatic heterocycles. The number of piperazine rings is 1. The topological polar surface area (TPSA) is 102 Å². The zero-order valence-corrected chi connectivity index (χ0v) is 33.4. The van der Waals surface area contributed by atoms with Crippen LogP contribution in [0.2, 0.25) is 0 Å². The van der Waals surface area contributed by atoms with E-state index < -0.39 is 29.6 Å². The molecule has 0 radical (unpaired) electrons. The Kier molecular flexibility index (Phi) is 10.7. The van der Waals surface area contributed by atoms with Crippen LogP contribution in [0.25, 0.3) is 0 Å². The molecule has 12 heteroatoms. The van der Waals surface area contributed by atoms with Crippen molar-refractivity contribution < 1.29 is 37.4 Å². The maximum absolute atomic E-state index is 13.4. The number of carbonyl (C=O) groups is 3. The second-order valence-electron chi connectivity index (χ2n) is 17.1. The highest BCUT2D eigenvalue weighted by Gasteiger charge is 2.44. The summed E-state index contributed by atoms with van der Waals surface area (Å²) >= 11 is 0. The maximum atomic E-state index is 13.4. The number of anilines is 1. The molecule has 0 spiro atoms. The molecule has 3 heterocycles. The number of halogens is 3. The molecule has 312 valence electrons. The number of rotatable bonds is 8. The summed E-state index contributed by atoms with van der Waals surface area (Å²) in [6, 6.07) is 23.8. The molecule has 5 aliphatic rings. The van der Waals surface area contributed by atoms with Gasteiger partial charge in [-0.15, -0.1) is 0 Å². The van der Waals surface area contributed by atoms with Crippen molar-refractivity contribution >= 4 is 23.4 Å². The number of alkyl halides is 3. The Morgan fingerprint density at radius 2 is 1.45 bits per heavy atom. The van der Waals surface area contributed by atoms with E-state index in [1.165, 1.54) is 12.1 Å². The number of phenols is 1. The van der Waals surface area contributed by atoms with E-state index in [-0.39, 0.29) is 29.6 Å². The fourth-order valence-corrected chi connectivity index (χ4v) is 10.2. The van der Waals surface area contributed by atoms with Crippen LogP contribution in [0.15, 0.2) is 97.2 Å². The lowest BCUT2D eigenvalue weighted by atomic mass is 9.69. The van der Waals surface area contributed by atoms with Gasteiger partial charge in [-0.3, -0.25) is 24.2 Å². The minimum Gasteiger partial charge on any atom is -0.508 e. The second kappa shape index (κ2) is 16.1. The number of aryl methyl sites for hydroxylation is 1. The number of piperidine rings is 1. The van der Waals surface area contributed by atoms with Crippen LogP contribution in [0.4, 0.5) is 18.9 Å². The first kappa shape index (κ1) is 39.8. The van der Waals surface area contributed by atoms with E-state index in [4.69, 9.17) is 4.74 Å². The van der Waals surface area contributed by atoms with Crippen LogP contribution in [0.3, 0.4) is 0 Å². The fourth-order valence-electron chi connectivity index (χ4n) is 10.2. The SMILES string of the molecule is C=C1CCC(N2C(=O)c3ccc(N4CCN(CC5CCC(Oc6ccc([C@@H]7c8ccc(O)cc8CC[C@@H]7c7ccc(C(F)(F)F)cc7)cc6)CC5)CC4)cc3C2=O)C(=O)N1. The molecule has 0 aromatic heterocycles. The molecule has 3 atom stereocenters. The first-order valence-electron chi connectivity index (χ1n) is 21.1. The molecule has 2 aliphatic carbocycles. The summed E-state index contributed by atoms with van der Waals surface area (Å²) in [6.45, 7) is 8.25. The Balaban J connectivity index is 0.773. The number of phenolic OH excluding ortho intramolecular Hbond substituents is 1. The number of allylic oxidation sites excluding steroid dienone is 1. The highest BCUT2D eigenvalue weighted by Crippen LogP contribution is 2.48. The van der Waals surface area contributed by atoms with Crippen molar-refractivity contribution in [1.29, 1.82) is 0 Å². The van der Waals surface area contributed by atoms with Gasteiger partial charge in [0.2, 0.25) is 5.91 Å². The summed E-state index contributed by atoms with van der Waals surface area (Å²) < 4.78 is 46.6. The third-order valence-corrected chi connectivity index (χ3v) is 13.4. The molecule has 2 N–H and O–H groups in total. The Bertz CT molecular complexity index is 2300. The quantitative estimate of drug-likeness (QED) is 0.172. The summed E-state index contributed by atoms with van der Waals surface area (Å²) in [5.41, 5.74) is 5.63. The zero-order chi connectivity index (χ0) is 41.7. The van der Waals surface area contributed by atoms with E-state index in [9.17, 15) is 32.7 Å². The number of aromatic hydroxyl groups is 1. The third-order valence-electron chi connectivity index (χ3n) is 13.4. The van der Waals surface area contributed by atoms with E-state index in [0.717, 1.165) is 110 Å². The molecule has 9 nitrogen and oxygen atoms in total. The van der Waals surface area contributed by atoms with Gasteiger partial charge in [0, 0.05) is 50.0 Å². The molecule has 1 saturated carbocycles. The smallest absolute Gasteiger partial charge is 0.416 e. The van der Waals surface area contributed by atoms with Gasteiger partial charge in [-0.25, -0.2) is 0 Å². The van der Waals surface area contributed by atoms with Crippen LogP contribution in [-0.4, -0.2) is 77.5 Å². The number of carbonyl (C=O) groups excluding carboxylic acids is 3. The minimum absolute atomic E-state index is 0.0164. The van der Waals surface area contributed by atoms with Crippen molar-refractivity contribution in [3.8, 4) is 11.5 Å². The number of imide groups is 1. The highest BCUT2D eigenvalue weighted by atomic mass is 19.4. The lowest BCUT2D eigenvalue weighted by Gasteiger charge is -2.39. The maximum Gasteiger partial charge on any atom is 0.416 e. The molecule has 3 amide bonds. The van der Waals surface area contributed by atoms with Crippen LogP contribution < -0.4 is 15.0 Å². The third kappa shape index (κ3) is 7.89. The molecular weight excluding hydrogens is 770 g/mol. The van der Waals surface area contributed by atoms with Crippen LogP contribution in [0.5, 0.6) is 11.5 Å². The van der Waals surface area contributed by atoms with Crippen molar-refractivity contribution in [3.63, 3.8) is 0 Å². The van der Waals surface area contributed by atoms with E-state index in [1.807, 2.05) is 24.3 Å². The Labute approximate surface area is 347 Å². The van der Waals surface area contributed by atoms with E-state index in [1.54, 1.807) is 36.4 Å². The van der Waals surface area contributed by atoms with Crippen molar-refractivity contribution in [2.45, 2.75) is 81.5 Å². The lowest BCUT2D eigenvalue weighted by Crippen LogP contribution is -2.51. The summed E-state index contributed by atoms with van der Waals surface area (Å²) in [5, 5.41) is 12.9. The monoisotopic (exact) mass is 818 g/mol. The number of nitrogens with zero attached hydrogens (tertiary/aromatic N) is 3. The second-order valence-corrected chi connectivity index (χ2v) is 17.1. The minimum atomic E-state index is -4.39. The Morgan fingerprint density at radius 3 is 2.15 bits per heavy atom. The standard InChI is InChI=1S/C48H49F3N4O5/c1-29-2-21-43(45(57)52-29)55-46(58)41-19-12-35(27-42(41)47(55)59)54-24-22-53(23-25-54)28-30-3-14-37(15-4-30)60-38-16-7-32(8-17-38)44-39(18-9-33-26-36(56)13-20-40(33)44)31-5-10-34(11-6-31)48(49,50)51/h5-8,10-13,16-17,19-20,26-27,30,37,39,43-44,56H,1-4,9,14-15,18,21-25,28H2,(H,52,57)/t30?,37?,39-,43?,44+/m1/s1. The fraction of sp³-hybridized carbons (Fsp3) is 0.396. The average Bonchev–Trinajstić information content (AvgIpc) is 3.49. The number of hydrogen-bond donors (Lipinski definition) is 2. The van der Waals surface area contributed by atoms with Gasteiger partial charge in [-0.1, -0.05) is 36.9 Å². The Hall–Kier alpha value is -5.62. The number of nitrogens with one attached hydrogen (secondary N) is 1. The zero-order valence-electron chi connectivity index (χ0n) is 33.4. The molecule has 2 saturated heterocycles. The van der Waals surface area contributed by atoms with Gasteiger partial charge in [0.05, 0.1) is 22.8 Å². The van der Waals surface area contributed by atoms with Crippen LogP contribution in [0.1, 0.15) is 105 Å². The van der Waals surface area contributed by atoms with Gasteiger partial charge in [0.25, 0.3) is 11.8 Å². The predicted octanol–water partition coefficient (Wildman–Crippen LogP) is 8.42. The van der Waals surface area contributed by atoms with Crippen LogP contribution >= 0.6 is 0 Å². The van der Waals surface area contributed by atoms with Crippen molar-refractivity contribution in [2.24, 2.45) is 5.92 Å². The van der Waals surface area contributed by atoms with Gasteiger partial charge in [0.15, 0.2) is 0 Å². The van der Waals surface area contributed by atoms with Gasteiger partial charge >= 0.3 is 6.18 Å². The predicted molar refractivity (Wildman–Crippen MR) is 221 cm³/mol. The molecular formula is C48H49F3N4O5. The number of benzene rings is 4. The molecule has 4 aromatic carbocycles. The van der Waals surface area contributed by atoms with Crippen LogP contribution in [0, 0.1) is 5.92 Å². The van der Waals surface area contributed by atoms with Gasteiger partial charge in [-0.05, 0) is 140 Å². The number of hydrogen-bond acceptors (Lipinski definition) is 7.